The van der Waals surface area contributed by atoms with Gasteiger partial charge in [0.1, 0.15) is 4.60 Å². The van der Waals surface area contributed by atoms with Crippen LogP contribution in [0.15, 0.2) is 33.6 Å². The van der Waals surface area contributed by atoms with Crippen molar-refractivity contribution in [1.29, 1.82) is 0 Å². The highest BCUT2D eigenvalue weighted by Gasteiger charge is 1.99. The molecule has 0 aliphatic rings. The molecule has 4 heteroatoms. The summed E-state index contributed by atoms with van der Waals surface area (Å²) in [6.07, 6.45) is 0. The molecule has 0 unspecified atom stereocenters. The zero-order valence-electron chi connectivity index (χ0n) is 9.03. The standard InChI is InChI=1S/C12H13BrN2S/c1-9-7-16-8-10(9)5-14-6-11-3-2-4-12(13)15-11/h2-4,7-8,14H,5-6H2,1H3. The third-order valence-electron chi connectivity index (χ3n) is 2.36. The van der Waals surface area contributed by atoms with Gasteiger partial charge < -0.3 is 5.32 Å². The van der Waals surface area contributed by atoms with Crippen molar-refractivity contribution in [3.05, 3.63) is 50.4 Å². The normalized spacial score (nSPS) is 10.6. The average Bonchev–Trinajstić information content (AvgIpc) is 2.65. The lowest BCUT2D eigenvalue weighted by Crippen LogP contribution is -2.13. The topological polar surface area (TPSA) is 24.9 Å². The van der Waals surface area contributed by atoms with Crippen LogP contribution in [0.4, 0.5) is 0 Å². The van der Waals surface area contributed by atoms with Crippen molar-refractivity contribution in [2.45, 2.75) is 20.0 Å². The second-order valence-corrected chi connectivity index (χ2v) is 5.19. The minimum atomic E-state index is 0.800. The first-order valence-electron chi connectivity index (χ1n) is 5.09. The Morgan fingerprint density at radius 2 is 2.19 bits per heavy atom. The molecule has 0 amide bonds. The number of halogens is 1. The maximum Gasteiger partial charge on any atom is 0.106 e. The number of pyridine rings is 1. The minimum absolute atomic E-state index is 0.800. The Morgan fingerprint density at radius 1 is 1.31 bits per heavy atom. The molecule has 0 saturated heterocycles. The van der Waals surface area contributed by atoms with Crippen molar-refractivity contribution in [1.82, 2.24) is 10.3 Å². The Morgan fingerprint density at radius 3 is 2.88 bits per heavy atom. The SMILES string of the molecule is Cc1cscc1CNCc1cccc(Br)n1. The van der Waals surface area contributed by atoms with E-state index in [1.807, 2.05) is 18.2 Å². The first-order chi connectivity index (χ1) is 7.75. The fourth-order valence-corrected chi connectivity index (χ4v) is 2.68. The maximum atomic E-state index is 4.37. The fraction of sp³-hybridized carbons (Fsp3) is 0.250. The number of hydrogen-bond acceptors (Lipinski definition) is 3. The summed E-state index contributed by atoms with van der Waals surface area (Å²) in [5, 5.41) is 7.76. The number of nitrogens with zero attached hydrogens (tertiary/aromatic N) is 1. The van der Waals surface area contributed by atoms with Gasteiger partial charge in [0.15, 0.2) is 0 Å². The molecule has 2 nitrogen and oxygen atoms in total. The maximum absolute atomic E-state index is 4.37. The molecule has 0 atom stereocenters. The zero-order valence-corrected chi connectivity index (χ0v) is 11.4. The highest BCUT2D eigenvalue weighted by molar-refractivity contribution is 9.10. The summed E-state index contributed by atoms with van der Waals surface area (Å²) in [6, 6.07) is 5.97. The van der Waals surface area contributed by atoms with Gasteiger partial charge >= 0.3 is 0 Å². The van der Waals surface area contributed by atoms with Crippen molar-refractivity contribution in [3.63, 3.8) is 0 Å². The first-order valence-corrected chi connectivity index (χ1v) is 6.83. The Labute approximate surface area is 108 Å². The Balaban J connectivity index is 1.87. The number of aryl methyl sites for hydroxylation is 1. The van der Waals surface area contributed by atoms with E-state index in [2.05, 4.69) is 43.9 Å². The van der Waals surface area contributed by atoms with Crippen LogP contribution < -0.4 is 5.32 Å². The van der Waals surface area contributed by atoms with Crippen LogP contribution in [0.25, 0.3) is 0 Å². The van der Waals surface area contributed by atoms with Gasteiger partial charge in [0, 0.05) is 13.1 Å². The molecule has 2 aromatic heterocycles. The second kappa shape index (κ2) is 5.57. The van der Waals surface area contributed by atoms with Crippen LogP contribution in [0.3, 0.4) is 0 Å². The van der Waals surface area contributed by atoms with E-state index in [0.717, 1.165) is 23.4 Å². The summed E-state index contributed by atoms with van der Waals surface area (Å²) in [5.74, 6) is 0. The molecule has 0 saturated carbocycles. The molecule has 84 valence electrons. The molecule has 16 heavy (non-hydrogen) atoms. The third kappa shape index (κ3) is 3.14. The lowest BCUT2D eigenvalue weighted by molar-refractivity contribution is 0.678. The van der Waals surface area contributed by atoms with Gasteiger partial charge in [0.25, 0.3) is 0 Å². The molecular formula is C12H13BrN2S. The molecule has 0 aliphatic heterocycles. The molecule has 2 rings (SSSR count). The summed E-state index contributed by atoms with van der Waals surface area (Å²) in [5.41, 5.74) is 3.79. The summed E-state index contributed by atoms with van der Waals surface area (Å²) in [6.45, 7) is 3.85. The van der Waals surface area contributed by atoms with E-state index in [9.17, 15) is 0 Å². The van der Waals surface area contributed by atoms with Crippen molar-refractivity contribution in [3.8, 4) is 0 Å². The first kappa shape index (κ1) is 11.8. The minimum Gasteiger partial charge on any atom is -0.307 e. The molecule has 0 aromatic carbocycles. The van der Waals surface area contributed by atoms with Crippen LogP contribution >= 0.6 is 27.3 Å². The van der Waals surface area contributed by atoms with Gasteiger partial charge in [-0.15, -0.1) is 0 Å². The van der Waals surface area contributed by atoms with E-state index in [1.54, 1.807) is 11.3 Å². The predicted octanol–water partition coefficient (Wildman–Crippen LogP) is 3.50. The van der Waals surface area contributed by atoms with Gasteiger partial charge in [0.05, 0.1) is 5.69 Å². The van der Waals surface area contributed by atoms with Gasteiger partial charge in [-0.3, -0.25) is 0 Å². The summed E-state index contributed by atoms with van der Waals surface area (Å²) in [4.78, 5) is 4.37. The molecule has 0 bridgehead atoms. The highest BCUT2D eigenvalue weighted by atomic mass is 79.9. The molecular weight excluding hydrogens is 284 g/mol. The predicted molar refractivity (Wildman–Crippen MR) is 71.5 cm³/mol. The van der Waals surface area contributed by atoms with Crippen LogP contribution in [-0.4, -0.2) is 4.98 Å². The van der Waals surface area contributed by atoms with Crippen molar-refractivity contribution >= 4 is 27.3 Å². The largest absolute Gasteiger partial charge is 0.307 e. The quantitative estimate of drug-likeness (QED) is 0.874. The number of thiophene rings is 1. The smallest absolute Gasteiger partial charge is 0.106 e. The molecule has 0 spiro atoms. The monoisotopic (exact) mass is 296 g/mol. The van der Waals surface area contributed by atoms with Crippen LogP contribution in [0.2, 0.25) is 0 Å². The lowest BCUT2D eigenvalue weighted by Gasteiger charge is -2.04. The van der Waals surface area contributed by atoms with E-state index < -0.39 is 0 Å². The van der Waals surface area contributed by atoms with E-state index in [4.69, 9.17) is 0 Å². The van der Waals surface area contributed by atoms with Crippen molar-refractivity contribution in [2.24, 2.45) is 0 Å². The number of hydrogen-bond donors (Lipinski definition) is 1. The summed E-state index contributed by atoms with van der Waals surface area (Å²) in [7, 11) is 0. The van der Waals surface area contributed by atoms with Crippen LogP contribution in [0, 0.1) is 6.92 Å². The number of aromatic nitrogens is 1. The number of rotatable bonds is 4. The number of nitrogens with one attached hydrogen (secondary N) is 1. The van der Waals surface area contributed by atoms with E-state index >= 15 is 0 Å². The van der Waals surface area contributed by atoms with Gasteiger partial charge in [-0.1, -0.05) is 6.07 Å². The van der Waals surface area contributed by atoms with E-state index in [1.165, 1.54) is 11.1 Å². The summed E-state index contributed by atoms with van der Waals surface area (Å²) >= 11 is 5.12. The van der Waals surface area contributed by atoms with Crippen LogP contribution in [0.1, 0.15) is 16.8 Å². The highest BCUT2D eigenvalue weighted by Crippen LogP contribution is 2.13. The zero-order chi connectivity index (χ0) is 11.4. The Bertz CT molecular complexity index is 468. The average molecular weight is 297 g/mol. The molecule has 0 aliphatic carbocycles. The van der Waals surface area contributed by atoms with Crippen LogP contribution in [0.5, 0.6) is 0 Å². The molecule has 0 fully saturated rings. The van der Waals surface area contributed by atoms with Gasteiger partial charge in [-0.25, -0.2) is 4.98 Å². The van der Waals surface area contributed by atoms with Crippen molar-refractivity contribution in [2.75, 3.05) is 0 Å². The molecule has 2 heterocycles. The van der Waals surface area contributed by atoms with Gasteiger partial charge in [-0.05, 0) is 56.9 Å². The fourth-order valence-electron chi connectivity index (χ4n) is 1.44. The lowest BCUT2D eigenvalue weighted by atomic mass is 10.2. The van der Waals surface area contributed by atoms with E-state index in [-0.39, 0.29) is 0 Å². The molecule has 2 aromatic rings. The Kier molecular flexibility index (Phi) is 4.09. The second-order valence-electron chi connectivity index (χ2n) is 3.64. The summed E-state index contributed by atoms with van der Waals surface area (Å²) < 4.78 is 0.888. The van der Waals surface area contributed by atoms with Gasteiger partial charge in [0.2, 0.25) is 0 Å². The molecule has 0 radical (unpaired) electrons. The van der Waals surface area contributed by atoms with Gasteiger partial charge in [-0.2, -0.15) is 11.3 Å². The van der Waals surface area contributed by atoms with Crippen LogP contribution in [-0.2, 0) is 13.1 Å². The van der Waals surface area contributed by atoms with E-state index in [0.29, 0.717) is 0 Å². The Hall–Kier alpha value is -0.710. The molecule has 1 N–H and O–H groups in total. The van der Waals surface area contributed by atoms with Crippen molar-refractivity contribution < 1.29 is 0 Å². The third-order valence-corrected chi connectivity index (χ3v) is 3.71.